The molecule has 18 heavy (non-hydrogen) atoms. The normalized spacial score (nSPS) is 23.6. The number of hydrogen-bond acceptors (Lipinski definition) is 3. The highest BCUT2D eigenvalue weighted by Gasteiger charge is 2.44. The van der Waals surface area contributed by atoms with Crippen molar-refractivity contribution in [3.8, 4) is 0 Å². The van der Waals surface area contributed by atoms with Crippen LogP contribution in [-0.4, -0.2) is 32.6 Å². The number of nitrogens with zero attached hydrogens (tertiary/aromatic N) is 4. The zero-order valence-corrected chi connectivity index (χ0v) is 10.4. The molecule has 0 radical (unpaired) electrons. The van der Waals surface area contributed by atoms with E-state index in [1.807, 2.05) is 10.9 Å². The highest BCUT2D eigenvalue weighted by molar-refractivity contribution is 6.03. The molecule has 1 aliphatic carbocycles. The van der Waals surface area contributed by atoms with Gasteiger partial charge in [-0.25, -0.2) is 4.79 Å². The van der Waals surface area contributed by atoms with Crippen molar-refractivity contribution in [2.24, 2.45) is 10.7 Å². The topological polar surface area (TPSA) is 76.5 Å². The number of rotatable bonds is 4. The second kappa shape index (κ2) is 4.12. The summed E-state index contributed by atoms with van der Waals surface area (Å²) in [6.45, 7) is 2.98. The summed E-state index contributed by atoms with van der Waals surface area (Å²) in [6, 6.07) is -0.110. The third-order valence-corrected chi connectivity index (χ3v) is 3.37. The zero-order chi connectivity index (χ0) is 12.7. The lowest BCUT2D eigenvalue weighted by atomic mass is 10.1. The van der Waals surface area contributed by atoms with Gasteiger partial charge in [0.15, 0.2) is 0 Å². The average Bonchev–Trinajstić information content (AvgIpc) is 2.98. The van der Waals surface area contributed by atoms with Gasteiger partial charge >= 0.3 is 6.03 Å². The summed E-state index contributed by atoms with van der Waals surface area (Å²) >= 11 is 0. The molecule has 2 aliphatic rings. The van der Waals surface area contributed by atoms with Crippen LogP contribution >= 0.6 is 0 Å². The molecular formula is C12H17N5O. The maximum Gasteiger partial charge on any atom is 0.346 e. The molecule has 0 spiro atoms. The molecule has 0 aromatic carbocycles. The first-order valence-corrected chi connectivity index (χ1v) is 6.39. The molecule has 1 unspecified atom stereocenters. The monoisotopic (exact) mass is 247 g/mol. The number of aromatic nitrogens is 2. The van der Waals surface area contributed by atoms with E-state index < -0.39 is 0 Å². The molecule has 1 aromatic heterocycles. The van der Waals surface area contributed by atoms with Gasteiger partial charge < -0.3 is 10.6 Å². The Labute approximate surface area is 105 Å². The second-order valence-electron chi connectivity index (χ2n) is 4.90. The molecule has 2 amide bonds. The van der Waals surface area contributed by atoms with Crippen LogP contribution in [0.2, 0.25) is 0 Å². The molecule has 6 heteroatoms. The number of amidine groups is 1. The summed E-state index contributed by atoms with van der Waals surface area (Å²) in [5, 5.41) is 4.29. The number of aryl methyl sites for hydroxylation is 1. The largest absolute Gasteiger partial charge is 0.385 e. The van der Waals surface area contributed by atoms with E-state index in [2.05, 4.69) is 17.0 Å². The van der Waals surface area contributed by atoms with Gasteiger partial charge in [0.25, 0.3) is 0 Å². The van der Waals surface area contributed by atoms with Crippen molar-refractivity contribution in [2.45, 2.75) is 44.8 Å². The number of nitrogens with two attached hydrogens (primary N) is 1. The Morgan fingerprint density at radius 1 is 1.50 bits per heavy atom. The lowest BCUT2D eigenvalue weighted by molar-refractivity contribution is 0.203. The van der Waals surface area contributed by atoms with Crippen LogP contribution in [0.1, 0.15) is 37.8 Å². The van der Waals surface area contributed by atoms with Crippen LogP contribution in [0.3, 0.4) is 0 Å². The molecule has 6 nitrogen and oxygen atoms in total. The minimum absolute atomic E-state index is 0.205. The van der Waals surface area contributed by atoms with Gasteiger partial charge in [-0.15, -0.1) is 0 Å². The van der Waals surface area contributed by atoms with Crippen LogP contribution in [0.4, 0.5) is 4.79 Å². The molecule has 0 bridgehead atoms. The predicted octanol–water partition coefficient (Wildman–Crippen LogP) is 1.29. The van der Waals surface area contributed by atoms with Crippen molar-refractivity contribution in [1.82, 2.24) is 14.7 Å². The van der Waals surface area contributed by atoms with Crippen molar-refractivity contribution in [2.75, 3.05) is 0 Å². The average molecular weight is 247 g/mol. The first-order valence-electron chi connectivity index (χ1n) is 6.39. The number of aliphatic imine (C=N–C) groups is 1. The molecule has 1 saturated carbocycles. The van der Waals surface area contributed by atoms with Crippen LogP contribution in [0.5, 0.6) is 0 Å². The zero-order valence-electron chi connectivity index (χ0n) is 10.4. The van der Waals surface area contributed by atoms with E-state index in [1.165, 1.54) is 0 Å². The number of carbonyl (C=O) groups excluding carboxylic acids is 1. The van der Waals surface area contributed by atoms with Gasteiger partial charge in [0.1, 0.15) is 11.9 Å². The fourth-order valence-corrected chi connectivity index (χ4v) is 2.41. The molecule has 1 aliphatic heterocycles. The van der Waals surface area contributed by atoms with E-state index in [9.17, 15) is 4.79 Å². The summed E-state index contributed by atoms with van der Waals surface area (Å²) in [6.07, 6.45) is 6.88. The van der Waals surface area contributed by atoms with Crippen LogP contribution in [0.25, 0.3) is 0 Å². The molecule has 96 valence electrons. The van der Waals surface area contributed by atoms with Crippen molar-refractivity contribution in [1.29, 1.82) is 0 Å². The van der Waals surface area contributed by atoms with Crippen LogP contribution < -0.4 is 5.73 Å². The molecular weight excluding hydrogens is 230 g/mol. The van der Waals surface area contributed by atoms with Crippen molar-refractivity contribution < 1.29 is 4.79 Å². The van der Waals surface area contributed by atoms with E-state index in [1.54, 1.807) is 11.1 Å². The number of urea groups is 1. The molecule has 3 rings (SSSR count). The quantitative estimate of drug-likeness (QED) is 0.871. The van der Waals surface area contributed by atoms with E-state index in [4.69, 9.17) is 5.73 Å². The van der Waals surface area contributed by atoms with Gasteiger partial charge in [-0.3, -0.25) is 4.68 Å². The van der Waals surface area contributed by atoms with Crippen LogP contribution in [0.15, 0.2) is 17.4 Å². The van der Waals surface area contributed by atoms with Crippen molar-refractivity contribution >= 4 is 11.9 Å². The van der Waals surface area contributed by atoms with Gasteiger partial charge in [-0.05, 0) is 19.3 Å². The molecule has 1 fully saturated rings. The first-order chi connectivity index (χ1) is 8.70. The van der Waals surface area contributed by atoms with Gasteiger partial charge in [0.2, 0.25) is 0 Å². The van der Waals surface area contributed by atoms with E-state index >= 15 is 0 Å². The lowest BCUT2D eigenvalue weighted by Gasteiger charge is -2.22. The lowest BCUT2D eigenvalue weighted by Crippen LogP contribution is -2.34. The van der Waals surface area contributed by atoms with E-state index in [0.717, 1.165) is 31.4 Å². The smallest absolute Gasteiger partial charge is 0.346 e. The minimum atomic E-state index is -0.212. The Hall–Kier alpha value is -1.85. The third kappa shape index (κ3) is 1.77. The fraction of sp³-hybridized carbons (Fsp3) is 0.583. The number of hydrogen-bond donors (Lipinski definition) is 1. The SMILES string of the molecule is CCCn1cc(C2C(N)=NC(=O)N2C2CC2)cn1. The summed E-state index contributed by atoms with van der Waals surface area (Å²) in [5.41, 5.74) is 6.85. The molecule has 2 N–H and O–H groups in total. The molecule has 1 atom stereocenters. The predicted molar refractivity (Wildman–Crippen MR) is 67.1 cm³/mol. The Bertz CT molecular complexity index is 502. The third-order valence-electron chi connectivity index (χ3n) is 3.37. The Kier molecular flexibility index (Phi) is 2.57. The minimum Gasteiger partial charge on any atom is -0.385 e. The Balaban J connectivity index is 1.88. The van der Waals surface area contributed by atoms with Crippen LogP contribution in [-0.2, 0) is 6.54 Å². The number of carbonyl (C=O) groups is 1. The van der Waals surface area contributed by atoms with E-state index in [0.29, 0.717) is 11.9 Å². The summed E-state index contributed by atoms with van der Waals surface area (Å²) in [5.74, 6) is 0.392. The van der Waals surface area contributed by atoms with Gasteiger partial charge in [0.05, 0.1) is 6.20 Å². The van der Waals surface area contributed by atoms with Gasteiger partial charge in [-0.1, -0.05) is 6.92 Å². The number of amides is 2. The Morgan fingerprint density at radius 2 is 2.28 bits per heavy atom. The Morgan fingerprint density at radius 3 is 2.94 bits per heavy atom. The van der Waals surface area contributed by atoms with Gasteiger partial charge in [0, 0.05) is 24.3 Å². The van der Waals surface area contributed by atoms with Crippen molar-refractivity contribution in [3.63, 3.8) is 0 Å². The first kappa shape index (κ1) is 11.3. The van der Waals surface area contributed by atoms with Crippen molar-refractivity contribution in [3.05, 3.63) is 18.0 Å². The maximum atomic E-state index is 11.8. The highest BCUT2D eigenvalue weighted by Crippen LogP contribution is 2.37. The molecule has 2 heterocycles. The fourth-order valence-electron chi connectivity index (χ4n) is 2.41. The molecule has 0 saturated heterocycles. The maximum absolute atomic E-state index is 11.8. The summed E-state index contributed by atoms with van der Waals surface area (Å²) in [4.78, 5) is 17.5. The highest BCUT2D eigenvalue weighted by atomic mass is 16.2. The van der Waals surface area contributed by atoms with Crippen LogP contribution in [0, 0.1) is 0 Å². The van der Waals surface area contributed by atoms with Gasteiger partial charge in [-0.2, -0.15) is 10.1 Å². The summed E-state index contributed by atoms with van der Waals surface area (Å²) < 4.78 is 1.89. The summed E-state index contributed by atoms with van der Waals surface area (Å²) in [7, 11) is 0. The second-order valence-corrected chi connectivity index (χ2v) is 4.90. The van der Waals surface area contributed by atoms with E-state index in [-0.39, 0.29) is 12.1 Å². The standard InChI is InChI=1S/C12H17N5O/c1-2-5-16-7-8(6-14-16)10-11(13)15-12(18)17(10)9-3-4-9/h6-7,9-10H,2-5H2,1H3,(H2,13,15,18). The molecule has 1 aromatic rings.